The minimum Gasteiger partial charge on any atom is -0.309 e. The predicted octanol–water partition coefficient (Wildman–Crippen LogP) is 10.9. The Labute approximate surface area is 259 Å². The highest BCUT2D eigenvalue weighted by molar-refractivity contribution is 6.16. The Kier molecular flexibility index (Phi) is 5.00. The van der Waals surface area contributed by atoms with Crippen molar-refractivity contribution in [1.82, 2.24) is 14.5 Å². The van der Waals surface area contributed by atoms with Crippen LogP contribution in [0.2, 0.25) is 0 Å². The second-order valence-electron chi connectivity index (χ2n) is 11.8. The van der Waals surface area contributed by atoms with Crippen molar-refractivity contribution in [2.75, 3.05) is 0 Å². The molecule has 208 valence electrons. The average Bonchev–Trinajstić information content (AvgIpc) is 3.62. The van der Waals surface area contributed by atoms with E-state index < -0.39 is 0 Å². The molecule has 10 rings (SSSR count). The van der Waals surface area contributed by atoms with E-state index in [1.807, 2.05) is 0 Å². The van der Waals surface area contributed by atoms with Crippen LogP contribution >= 0.6 is 0 Å². The minimum atomic E-state index is 0.760. The summed E-state index contributed by atoms with van der Waals surface area (Å²) in [5, 5.41) is 6.04. The normalized spacial score (nSPS) is 12.0. The van der Waals surface area contributed by atoms with Gasteiger partial charge >= 0.3 is 0 Å². The predicted molar refractivity (Wildman–Crippen MR) is 187 cm³/mol. The van der Waals surface area contributed by atoms with Gasteiger partial charge in [-0.3, -0.25) is 0 Å². The molecule has 7 aromatic carbocycles. The summed E-state index contributed by atoms with van der Waals surface area (Å²) in [5.41, 5.74) is 12.7. The monoisotopic (exact) mass is 571 g/mol. The van der Waals surface area contributed by atoms with E-state index in [0.29, 0.717) is 0 Å². The fourth-order valence-electron chi connectivity index (χ4n) is 7.32. The molecule has 0 bridgehead atoms. The summed E-state index contributed by atoms with van der Waals surface area (Å²) in [6.45, 7) is 0. The van der Waals surface area contributed by atoms with Crippen LogP contribution in [-0.2, 0) is 0 Å². The van der Waals surface area contributed by atoms with Gasteiger partial charge in [0.15, 0.2) is 5.82 Å². The third kappa shape index (κ3) is 3.52. The SMILES string of the molecule is c1ccc(-n2c3ccccc3c3c(-c4ccc5cc(-c6nc7c8c(cccc8n6)-c6ccccc6-7)ccc5c4)cccc32)cc1. The molecular formula is C42H25N3. The fraction of sp³-hybridized carbons (Fsp3) is 0. The number of benzene rings is 7. The van der Waals surface area contributed by atoms with Crippen molar-refractivity contribution in [3.05, 3.63) is 152 Å². The Bertz CT molecular complexity index is 2650. The Morgan fingerprint density at radius 2 is 1.09 bits per heavy atom. The second-order valence-corrected chi connectivity index (χ2v) is 11.8. The van der Waals surface area contributed by atoms with Gasteiger partial charge in [0.2, 0.25) is 0 Å². The zero-order valence-corrected chi connectivity index (χ0v) is 24.3. The summed E-state index contributed by atoms with van der Waals surface area (Å²) in [5.74, 6) is 0.760. The van der Waals surface area contributed by atoms with E-state index in [1.165, 1.54) is 66.1 Å². The zero-order valence-electron chi connectivity index (χ0n) is 24.3. The molecule has 3 nitrogen and oxygen atoms in total. The van der Waals surface area contributed by atoms with Gasteiger partial charge in [0.25, 0.3) is 0 Å². The summed E-state index contributed by atoms with van der Waals surface area (Å²) in [6, 6.07) is 54.3. The van der Waals surface area contributed by atoms with Gasteiger partial charge < -0.3 is 4.57 Å². The van der Waals surface area contributed by atoms with Crippen molar-refractivity contribution in [2.45, 2.75) is 0 Å². The van der Waals surface area contributed by atoms with E-state index in [0.717, 1.165) is 28.0 Å². The molecule has 0 fully saturated rings. The maximum Gasteiger partial charge on any atom is 0.160 e. The van der Waals surface area contributed by atoms with Crippen LogP contribution in [0.4, 0.5) is 0 Å². The van der Waals surface area contributed by atoms with Gasteiger partial charge in [0, 0.05) is 33.0 Å². The lowest BCUT2D eigenvalue weighted by molar-refractivity contribution is 1.18. The highest BCUT2D eigenvalue weighted by Gasteiger charge is 2.24. The van der Waals surface area contributed by atoms with Crippen LogP contribution < -0.4 is 0 Å². The number of nitrogens with zero attached hydrogens (tertiary/aromatic N) is 3. The molecule has 1 aliphatic rings. The number of hydrogen-bond donors (Lipinski definition) is 0. The van der Waals surface area contributed by atoms with Crippen molar-refractivity contribution >= 4 is 43.5 Å². The molecule has 2 aromatic heterocycles. The third-order valence-electron chi connectivity index (χ3n) is 9.32. The molecule has 3 heteroatoms. The summed E-state index contributed by atoms with van der Waals surface area (Å²) in [6.07, 6.45) is 0. The first kappa shape index (κ1) is 24.4. The second kappa shape index (κ2) is 9.22. The molecule has 0 radical (unpaired) electrons. The minimum absolute atomic E-state index is 0.760. The molecule has 0 unspecified atom stereocenters. The van der Waals surface area contributed by atoms with Gasteiger partial charge in [-0.15, -0.1) is 0 Å². The lowest BCUT2D eigenvalue weighted by atomic mass is 9.96. The van der Waals surface area contributed by atoms with Gasteiger partial charge in [0.05, 0.1) is 22.2 Å². The molecule has 2 heterocycles. The van der Waals surface area contributed by atoms with Crippen molar-refractivity contribution in [1.29, 1.82) is 0 Å². The van der Waals surface area contributed by atoms with E-state index >= 15 is 0 Å². The molecular weight excluding hydrogens is 546 g/mol. The molecule has 0 aliphatic heterocycles. The average molecular weight is 572 g/mol. The van der Waals surface area contributed by atoms with Gasteiger partial charge in [-0.05, 0) is 75.5 Å². The van der Waals surface area contributed by atoms with Crippen LogP contribution in [0.15, 0.2) is 152 Å². The Morgan fingerprint density at radius 3 is 1.98 bits per heavy atom. The van der Waals surface area contributed by atoms with Crippen LogP contribution in [0.5, 0.6) is 0 Å². The molecule has 45 heavy (non-hydrogen) atoms. The maximum absolute atomic E-state index is 5.13. The largest absolute Gasteiger partial charge is 0.309 e. The van der Waals surface area contributed by atoms with Gasteiger partial charge in [-0.1, -0.05) is 109 Å². The fourth-order valence-corrected chi connectivity index (χ4v) is 7.32. The molecule has 0 atom stereocenters. The van der Waals surface area contributed by atoms with Crippen LogP contribution in [0.3, 0.4) is 0 Å². The van der Waals surface area contributed by atoms with E-state index in [4.69, 9.17) is 9.97 Å². The van der Waals surface area contributed by atoms with Gasteiger partial charge in [0.1, 0.15) is 0 Å². The van der Waals surface area contributed by atoms with Crippen molar-refractivity contribution in [3.8, 4) is 50.6 Å². The molecule has 0 N–H and O–H groups in total. The third-order valence-corrected chi connectivity index (χ3v) is 9.32. The van der Waals surface area contributed by atoms with Gasteiger partial charge in [-0.25, -0.2) is 9.97 Å². The van der Waals surface area contributed by atoms with Crippen molar-refractivity contribution < 1.29 is 0 Å². The first-order valence-electron chi connectivity index (χ1n) is 15.3. The Morgan fingerprint density at radius 1 is 0.422 bits per heavy atom. The maximum atomic E-state index is 5.13. The van der Waals surface area contributed by atoms with Crippen LogP contribution in [-0.4, -0.2) is 14.5 Å². The van der Waals surface area contributed by atoms with Crippen molar-refractivity contribution in [2.24, 2.45) is 0 Å². The number of aromatic nitrogens is 3. The molecule has 0 amide bonds. The highest BCUT2D eigenvalue weighted by Crippen LogP contribution is 2.46. The molecule has 0 saturated carbocycles. The molecule has 9 aromatic rings. The van der Waals surface area contributed by atoms with Gasteiger partial charge in [-0.2, -0.15) is 0 Å². The number of para-hydroxylation sites is 2. The number of fused-ring (bicyclic) bond motifs is 7. The first-order valence-corrected chi connectivity index (χ1v) is 15.3. The summed E-state index contributed by atoms with van der Waals surface area (Å²) >= 11 is 0. The first-order chi connectivity index (χ1) is 22.3. The molecule has 0 spiro atoms. The lowest BCUT2D eigenvalue weighted by Crippen LogP contribution is -1.93. The van der Waals surface area contributed by atoms with Crippen molar-refractivity contribution in [3.63, 3.8) is 0 Å². The Balaban J connectivity index is 1.12. The quantitative estimate of drug-likeness (QED) is 0.211. The number of hydrogen-bond acceptors (Lipinski definition) is 2. The summed E-state index contributed by atoms with van der Waals surface area (Å²) in [7, 11) is 0. The van der Waals surface area contributed by atoms with Crippen LogP contribution in [0.25, 0.3) is 94.1 Å². The topological polar surface area (TPSA) is 30.7 Å². The molecule has 1 aliphatic carbocycles. The van der Waals surface area contributed by atoms with Crippen LogP contribution in [0, 0.1) is 0 Å². The summed E-state index contributed by atoms with van der Waals surface area (Å²) in [4.78, 5) is 10.2. The number of rotatable bonds is 3. The van der Waals surface area contributed by atoms with E-state index in [2.05, 4.69) is 156 Å². The molecule has 0 saturated heterocycles. The Hall–Kier alpha value is -6.06. The standard InChI is InChI=1S/C42H25N3/c1-2-10-30(11-3-1)45-37-18-7-6-14-35(37)39-31(15-9-19-38(39)45)28-22-20-27-25-29(23-21-26(27)24-28)42-43-36-17-8-16-33-32-12-4-5-13-34(32)41(44-42)40(33)36/h1-25H. The van der Waals surface area contributed by atoms with E-state index in [-0.39, 0.29) is 0 Å². The van der Waals surface area contributed by atoms with Crippen LogP contribution in [0.1, 0.15) is 0 Å². The highest BCUT2D eigenvalue weighted by atomic mass is 15.0. The van der Waals surface area contributed by atoms with E-state index in [9.17, 15) is 0 Å². The lowest BCUT2D eigenvalue weighted by Gasteiger charge is -2.10. The summed E-state index contributed by atoms with van der Waals surface area (Å²) < 4.78 is 2.37. The smallest absolute Gasteiger partial charge is 0.160 e. The van der Waals surface area contributed by atoms with E-state index in [1.54, 1.807) is 0 Å². The zero-order chi connectivity index (χ0) is 29.5.